The van der Waals surface area contributed by atoms with E-state index in [2.05, 4.69) is 5.32 Å². The first-order valence-corrected chi connectivity index (χ1v) is 16.9. The van der Waals surface area contributed by atoms with Gasteiger partial charge in [0.2, 0.25) is 10.0 Å². The number of anilines is 1. The predicted molar refractivity (Wildman–Crippen MR) is 161 cm³/mol. The van der Waals surface area contributed by atoms with Gasteiger partial charge in [0.1, 0.15) is 23.9 Å². The molecule has 1 atom stereocenters. The highest BCUT2D eigenvalue weighted by Crippen LogP contribution is 2.38. The van der Waals surface area contributed by atoms with Gasteiger partial charge in [0, 0.05) is 13.1 Å². The molecule has 230 valence electrons. The molecule has 0 saturated carbocycles. The number of hydrogen-bond acceptors (Lipinski definition) is 8. The molecule has 43 heavy (non-hydrogen) atoms. The summed E-state index contributed by atoms with van der Waals surface area (Å²) >= 11 is 0. The first-order chi connectivity index (χ1) is 20.6. The van der Waals surface area contributed by atoms with Crippen LogP contribution in [0, 0.1) is 6.92 Å². The van der Waals surface area contributed by atoms with Crippen molar-refractivity contribution < 1.29 is 35.8 Å². The van der Waals surface area contributed by atoms with Gasteiger partial charge in [-0.05, 0) is 86.0 Å². The number of nitrogens with zero attached hydrogens (tertiary/aromatic N) is 2. The van der Waals surface area contributed by atoms with E-state index >= 15 is 0 Å². The van der Waals surface area contributed by atoms with Crippen LogP contribution in [0.2, 0.25) is 0 Å². The summed E-state index contributed by atoms with van der Waals surface area (Å²) in [7, 11) is -6.05. The molecule has 0 bridgehead atoms. The number of rotatable bonds is 10. The van der Waals surface area contributed by atoms with Crippen LogP contribution in [0.1, 0.15) is 24.8 Å². The fraction of sp³-hybridized carbons (Fsp3) is 0.367. The van der Waals surface area contributed by atoms with E-state index in [-0.39, 0.29) is 29.5 Å². The average Bonchev–Trinajstić information content (AvgIpc) is 3.03. The highest BCUT2D eigenvalue weighted by atomic mass is 32.2. The summed E-state index contributed by atoms with van der Waals surface area (Å²) in [6.07, 6.45) is 1.67. The molecule has 0 radical (unpaired) electrons. The van der Waals surface area contributed by atoms with E-state index in [9.17, 15) is 21.6 Å². The van der Waals surface area contributed by atoms with Gasteiger partial charge in [0.15, 0.2) is 6.10 Å². The van der Waals surface area contributed by atoms with Gasteiger partial charge < -0.3 is 19.5 Å². The number of carbonyl (C=O) groups is 1. The number of carbonyl (C=O) groups excluding carboxylic acids is 1. The maximum atomic E-state index is 13.6. The van der Waals surface area contributed by atoms with E-state index in [0.717, 1.165) is 24.8 Å². The van der Waals surface area contributed by atoms with Gasteiger partial charge in [-0.1, -0.05) is 12.5 Å². The zero-order valence-electron chi connectivity index (χ0n) is 24.1. The number of nitrogens with one attached hydrogen (secondary N) is 1. The van der Waals surface area contributed by atoms with Crippen molar-refractivity contribution in [3.63, 3.8) is 0 Å². The van der Waals surface area contributed by atoms with Crippen molar-refractivity contribution >= 4 is 31.6 Å². The number of amides is 1. The fourth-order valence-electron chi connectivity index (χ4n) is 5.02. The minimum absolute atomic E-state index is 0.0593. The first-order valence-electron chi connectivity index (χ1n) is 14.0. The summed E-state index contributed by atoms with van der Waals surface area (Å²) < 4.78 is 72.5. The van der Waals surface area contributed by atoms with Crippen molar-refractivity contribution in [2.75, 3.05) is 44.2 Å². The van der Waals surface area contributed by atoms with Crippen LogP contribution >= 0.6 is 0 Å². The molecule has 0 aromatic heterocycles. The molecule has 1 fully saturated rings. The number of sulfonamides is 2. The molecule has 1 saturated heterocycles. The number of aryl methyl sites for hydroxylation is 1. The molecule has 13 heteroatoms. The zero-order chi connectivity index (χ0) is 30.6. The normalized spacial score (nSPS) is 17.4. The van der Waals surface area contributed by atoms with Crippen LogP contribution in [0.25, 0.3) is 0 Å². The third-order valence-corrected chi connectivity index (χ3v) is 11.1. The molecule has 2 aliphatic rings. The van der Waals surface area contributed by atoms with Crippen LogP contribution in [0.5, 0.6) is 17.2 Å². The Morgan fingerprint density at radius 2 is 1.51 bits per heavy atom. The highest BCUT2D eigenvalue weighted by molar-refractivity contribution is 7.92. The van der Waals surface area contributed by atoms with E-state index in [1.165, 1.54) is 40.0 Å². The van der Waals surface area contributed by atoms with Gasteiger partial charge in [-0.3, -0.25) is 9.10 Å². The molecular formula is C30H35N3O8S2. The van der Waals surface area contributed by atoms with Gasteiger partial charge in [0.25, 0.3) is 15.9 Å². The van der Waals surface area contributed by atoms with Crippen molar-refractivity contribution in [3.05, 3.63) is 72.3 Å². The average molecular weight is 630 g/mol. The molecule has 5 rings (SSSR count). The third-order valence-electron chi connectivity index (χ3n) is 7.37. The summed E-state index contributed by atoms with van der Waals surface area (Å²) in [5.74, 6) is 0.782. The standard InChI is InChI=1S/C30H35N3O8S2/c1-22-6-15-27-28(20-22)41-29(21-33(27)43(37,38)26-11-7-23(39-2)8-12-26)30(34)31-16-19-40-24-9-13-25(14-10-24)42(35,36)32-17-4-3-5-18-32/h6-15,20,29H,3-5,16-19,21H2,1-2H3,(H,31,34). The minimum Gasteiger partial charge on any atom is -0.497 e. The Bertz CT molecular complexity index is 1650. The quantitative estimate of drug-likeness (QED) is 0.338. The van der Waals surface area contributed by atoms with Gasteiger partial charge in [0.05, 0.1) is 35.7 Å². The lowest BCUT2D eigenvalue weighted by Crippen LogP contribution is -2.51. The van der Waals surface area contributed by atoms with E-state index in [0.29, 0.717) is 36.0 Å². The smallest absolute Gasteiger partial charge is 0.264 e. The van der Waals surface area contributed by atoms with E-state index in [1.807, 2.05) is 6.92 Å². The molecule has 0 aliphatic carbocycles. The molecule has 3 aromatic carbocycles. The van der Waals surface area contributed by atoms with E-state index in [4.69, 9.17) is 14.2 Å². The topological polar surface area (TPSA) is 132 Å². The van der Waals surface area contributed by atoms with Crippen LogP contribution in [0.4, 0.5) is 5.69 Å². The Morgan fingerprint density at radius 1 is 0.884 bits per heavy atom. The van der Waals surface area contributed by atoms with E-state index in [1.54, 1.807) is 42.5 Å². The lowest BCUT2D eigenvalue weighted by molar-refractivity contribution is -0.127. The Morgan fingerprint density at radius 3 is 2.16 bits per heavy atom. The largest absolute Gasteiger partial charge is 0.497 e. The number of hydrogen-bond donors (Lipinski definition) is 1. The molecular weight excluding hydrogens is 594 g/mol. The van der Waals surface area contributed by atoms with Gasteiger partial charge in [-0.2, -0.15) is 4.31 Å². The number of fused-ring (bicyclic) bond motifs is 1. The Kier molecular flexibility index (Phi) is 9.13. The summed E-state index contributed by atoms with van der Waals surface area (Å²) in [6, 6.07) is 17.4. The van der Waals surface area contributed by atoms with Gasteiger partial charge in [-0.25, -0.2) is 16.8 Å². The molecule has 1 unspecified atom stereocenters. The first kappa shape index (κ1) is 30.6. The van der Waals surface area contributed by atoms with Crippen LogP contribution in [0.3, 0.4) is 0 Å². The Balaban J connectivity index is 1.21. The summed E-state index contributed by atoms with van der Waals surface area (Å²) in [4.78, 5) is 13.4. The monoisotopic (exact) mass is 629 g/mol. The van der Waals surface area contributed by atoms with Crippen molar-refractivity contribution in [1.82, 2.24) is 9.62 Å². The van der Waals surface area contributed by atoms with Gasteiger partial charge in [-0.15, -0.1) is 0 Å². The molecule has 2 heterocycles. The van der Waals surface area contributed by atoms with Crippen LogP contribution in [-0.2, 0) is 24.8 Å². The maximum absolute atomic E-state index is 13.6. The molecule has 1 N–H and O–H groups in total. The van der Waals surface area contributed by atoms with Crippen LogP contribution in [-0.4, -0.2) is 73.0 Å². The van der Waals surface area contributed by atoms with Gasteiger partial charge >= 0.3 is 0 Å². The second-order valence-corrected chi connectivity index (χ2v) is 14.2. The number of benzene rings is 3. The Labute approximate surface area is 252 Å². The van der Waals surface area contributed by atoms with Crippen molar-refractivity contribution in [3.8, 4) is 17.2 Å². The lowest BCUT2D eigenvalue weighted by atomic mass is 10.1. The number of piperidine rings is 1. The third kappa shape index (κ3) is 6.73. The van der Waals surface area contributed by atoms with Crippen LogP contribution in [0.15, 0.2) is 76.5 Å². The maximum Gasteiger partial charge on any atom is 0.264 e. The molecule has 0 spiro atoms. The molecule has 11 nitrogen and oxygen atoms in total. The minimum atomic E-state index is -4.02. The predicted octanol–water partition coefficient (Wildman–Crippen LogP) is 3.33. The van der Waals surface area contributed by atoms with Crippen molar-refractivity contribution in [2.45, 2.75) is 42.1 Å². The SMILES string of the molecule is COc1ccc(S(=O)(=O)N2CC(C(=O)NCCOc3ccc(S(=O)(=O)N4CCCCC4)cc3)Oc3cc(C)ccc32)cc1. The molecule has 3 aromatic rings. The van der Waals surface area contributed by atoms with E-state index < -0.39 is 32.1 Å². The van der Waals surface area contributed by atoms with Crippen molar-refractivity contribution in [1.29, 1.82) is 0 Å². The summed E-state index contributed by atoms with van der Waals surface area (Å²) in [5, 5.41) is 2.74. The number of methoxy groups -OCH3 is 1. The molecule has 2 aliphatic heterocycles. The fourth-order valence-corrected chi connectivity index (χ4v) is 8.01. The second-order valence-electron chi connectivity index (χ2n) is 10.4. The highest BCUT2D eigenvalue weighted by Gasteiger charge is 2.37. The summed E-state index contributed by atoms with van der Waals surface area (Å²) in [6.45, 7) is 2.92. The summed E-state index contributed by atoms with van der Waals surface area (Å²) in [5.41, 5.74) is 1.20. The molecule has 1 amide bonds. The lowest BCUT2D eigenvalue weighted by Gasteiger charge is -2.35. The van der Waals surface area contributed by atoms with Crippen LogP contribution < -0.4 is 23.8 Å². The Hall–Kier alpha value is -3.81. The zero-order valence-corrected chi connectivity index (χ0v) is 25.7. The van der Waals surface area contributed by atoms with Crippen molar-refractivity contribution in [2.24, 2.45) is 0 Å². The number of ether oxygens (including phenoxy) is 3. The second kappa shape index (κ2) is 12.8.